The van der Waals surface area contributed by atoms with Gasteiger partial charge in [0, 0.05) is 6.07 Å². The second-order valence-corrected chi connectivity index (χ2v) is 5.02. The van der Waals surface area contributed by atoms with Crippen LogP contribution in [0, 0.1) is 0 Å². The van der Waals surface area contributed by atoms with Gasteiger partial charge in [-0.05, 0) is 24.3 Å². The van der Waals surface area contributed by atoms with Crippen molar-refractivity contribution in [2.24, 2.45) is 0 Å². The van der Waals surface area contributed by atoms with Gasteiger partial charge in [0.05, 0.1) is 12.7 Å². The number of ether oxygens (including phenoxy) is 4. The highest BCUT2D eigenvalue weighted by Gasteiger charge is 2.15. The van der Waals surface area contributed by atoms with Crippen LogP contribution in [0.3, 0.4) is 0 Å². The zero-order valence-electron chi connectivity index (χ0n) is 12.9. The fourth-order valence-corrected chi connectivity index (χ4v) is 2.36. The summed E-state index contributed by atoms with van der Waals surface area (Å²) in [6.07, 6.45) is 0. The van der Waals surface area contributed by atoms with Gasteiger partial charge in [-0.2, -0.15) is 4.98 Å². The normalized spacial score (nSPS) is 12.2. The van der Waals surface area contributed by atoms with Gasteiger partial charge >= 0.3 is 0 Å². The molecule has 7 heteroatoms. The Hall–Kier alpha value is -3.22. The zero-order chi connectivity index (χ0) is 16.4. The molecule has 7 nitrogen and oxygen atoms in total. The number of rotatable bonds is 5. The third-order valence-electron chi connectivity index (χ3n) is 3.52. The van der Waals surface area contributed by atoms with Crippen molar-refractivity contribution in [1.82, 2.24) is 10.1 Å². The van der Waals surface area contributed by atoms with Crippen LogP contribution in [0.1, 0.15) is 5.89 Å². The Balaban J connectivity index is 1.47. The Morgan fingerprint density at radius 2 is 1.96 bits per heavy atom. The van der Waals surface area contributed by atoms with Crippen LogP contribution in [0.5, 0.6) is 23.0 Å². The molecule has 4 rings (SSSR count). The lowest BCUT2D eigenvalue weighted by atomic mass is 10.2. The molecule has 1 aliphatic heterocycles. The quantitative estimate of drug-likeness (QED) is 0.713. The van der Waals surface area contributed by atoms with E-state index in [1.54, 1.807) is 25.3 Å². The Kier molecular flexibility index (Phi) is 3.66. The molecule has 0 saturated heterocycles. The molecule has 1 aliphatic rings. The number of benzene rings is 2. The Morgan fingerprint density at radius 3 is 2.88 bits per heavy atom. The van der Waals surface area contributed by atoms with E-state index in [1.165, 1.54) is 0 Å². The third kappa shape index (κ3) is 2.71. The van der Waals surface area contributed by atoms with Crippen LogP contribution in [0.25, 0.3) is 11.4 Å². The Morgan fingerprint density at radius 1 is 1.08 bits per heavy atom. The Bertz CT molecular complexity index is 862. The predicted molar refractivity (Wildman–Crippen MR) is 83.2 cm³/mol. The predicted octanol–water partition coefficient (Wildman–Crippen LogP) is 3.05. The first kappa shape index (κ1) is 14.4. The van der Waals surface area contributed by atoms with Gasteiger partial charge in [0.15, 0.2) is 18.1 Å². The van der Waals surface area contributed by atoms with Crippen LogP contribution in [0.15, 0.2) is 47.0 Å². The summed E-state index contributed by atoms with van der Waals surface area (Å²) < 4.78 is 26.8. The van der Waals surface area contributed by atoms with Crippen LogP contribution in [-0.4, -0.2) is 24.0 Å². The van der Waals surface area contributed by atoms with Gasteiger partial charge in [0.2, 0.25) is 12.6 Å². The minimum Gasteiger partial charge on any atom is -0.496 e. The van der Waals surface area contributed by atoms with E-state index < -0.39 is 0 Å². The van der Waals surface area contributed by atoms with Crippen molar-refractivity contribution in [3.8, 4) is 34.4 Å². The highest BCUT2D eigenvalue weighted by molar-refractivity contribution is 5.63. The first-order chi connectivity index (χ1) is 11.8. The molecule has 1 aromatic heterocycles. The van der Waals surface area contributed by atoms with Crippen molar-refractivity contribution in [2.75, 3.05) is 13.9 Å². The van der Waals surface area contributed by atoms with Crippen molar-refractivity contribution in [2.45, 2.75) is 6.61 Å². The fourth-order valence-electron chi connectivity index (χ4n) is 2.36. The molecule has 0 saturated carbocycles. The van der Waals surface area contributed by atoms with Gasteiger partial charge in [0.25, 0.3) is 5.89 Å². The smallest absolute Gasteiger partial charge is 0.264 e. The maximum Gasteiger partial charge on any atom is 0.264 e. The first-order valence-corrected chi connectivity index (χ1v) is 7.32. The molecule has 0 aliphatic carbocycles. The standard InChI is InChI=1S/C17H14N2O5/c1-20-13-5-3-2-4-12(13)17-18-16(24-19-17)9-21-11-6-7-14-15(8-11)23-10-22-14/h2-8H,9-10H2,1H3. The van der Waals surface area contributed by atoms with Crippen LogP contribution >= 0.6 is 0 Å². The van der Waals surface area contributed by atoms with E-state index in [-0.39, 0.29) is 13.4 Å². The van der Waals surface area contributed by atoms with E-state index in [4.69, 9.17) is 23.5 Å². The summed E-state index contributed by atoms with van der Waals surface area (Å²) in [5, 5.41) is 3.97. The van der Waals surface area contributed by atoms with Crippen molar-refractivity contribution in [1.29, 1.82) is 0 Å². The molecule has 0 unspecified atom stereocenters. The van der Waals surface area contributed by atoms with E-state index in [0.29, 0.717) is 34.7 Å². The monoisotopic (exact) mass is 326 g/mol. The van der Waals surface area contributed by atoms with Gasteiger partial charge in [-0.15, -0.1) is 0 Å². The molecule has 122 valence electrons. The van der Waals surface area contributed by atoms with Crippen molar-refractivity contribution in [3.05, 3.63) is 48.4 Å². The van der Waals surface area contributed by atoms with Gasteiger partial charge in [0.1, 0.15) is 11.5 Å². The molecular formula is C17H14N2O5. The number of hydrogen-bond acceptors (Lipinski definition) is 7. The minimum atomic E-state index is 0.155. The second-order valence-electron chi connectivity index (χ2n) is 5.02. The number of fused-ring (bicyclic) bond motifs is 1. The molecule has 0 N–H and O–H groups in total. The van der Waals surface area contributed by atoms with Gasteiger partial charge < -0.3 is 23.5 Å². The topological polar surface area (TPSA) is 75.8 Å². The lowest BCUT2D eigenvalue weighted by molar-refractivity contribution is 0.173. The molecule has 0 radical (unpaired) electrons. The summed E-state index contributed by atoms with van der Waals surface area (Å²) in [6.45, 7) is 0.381. The van der Waals surface area contributed by atoms with E-state index in [9.17, 15) is 0 Å². The summed E-state index contributed by atoms with van der Waals surface area (Å²) in [5.41, 5.74) is 0.762. The average molecular weight is 326 g/mol. The SMILES string of the molecule is COc1ccccc1-c1noc(COc2ccc3c(c2)OCO3)n1. The van der Waals surface area contributed by atoms with Gasteiger partial charge in [-0.1, -0.05) is 17.3 Å². The van der Waals surface area contributed by atoms with Gasteiger partial charge in [-0.3, -0.25) is 0 Å². The number of hydrogen-bond donors (Lipinski definition) is 0. The second kappa shape index (κ2) is 6.11. The van der Waals surface area contributed by atoms with Crippen molar-refractivity contribution >= 4 is 0 Å². The fraction of sp³-hybridized carbons (Fsp3) is 0.176. The maximum atomic E-state index is 5.66. The van der Waals surface area contributed by atoms with Crippen LogP contribution < -0.4 is 18.9 Å². The highest BCUT2D eigenvalue weighted by atomic mass is 16.7. The summed E-state index contributed by atoms with van der Waals surface area (Å²) >= 11 is 0. The average Bonchev–Trinajstić information content (AvgIpc) is 3.28. The molecule has 2 aromatic carbocycles. The van der Waals surface area contributed by atoms with Crippen molar-refractivity contribution < 1.29 is 23.5 Å². The lowest BCUT2D eigenvalue weighted by Crippen LogP contribution is -1.96. The van der Waals surface area contributed by atoms with E-state index in [1.807, 2.05) is 24.3 Å². The highest BCUT2D eigenvalue weighted by Crippen LogP contribution is 2.35. The largest absolute Gasteiger partial charge is 0.496 e. The Labute approximate surface area is 137 Å². The maximum absolute atomic E-state index is 5.66. The van der Waals surface area contributed by atoms with Gasteiger partial charge in [-0.25, -0.2) is 0 Å². The molecule has 0 atom stereocenters. The summed E-state index contributed by atoms with van der Waals surface area (Å²) in [5.74, 6) is 3.51. The molecule has 0 bridgehead atoms. The number of aromatic nitrogens is 2. The summed E-state index contributed by atoms with van der Waals surface area (Å²) in [6, 6.07) is 12.8. The molecule has 0 fully saturated rings. The molecule has 0 amide bonds. The first-order valence-electron chi connectivity index (χ1n) is 7.32. The van der Waals surface area contributed by atoms with Crippen LogP contribution in [0.2, 0.25) is 0 Å². The van der Waals surface area contributed by atoms with Crippen LogP contribution in [0.4, 0.5) is 0 Å². The van der Waals surface area contributed by atoms with E-state index in [0.717, 1.165) is 5.56 Å². The van der Waals surface area contributed by atoms with Crippen molar-refractivity contribution in [3.63, 3.8) is 0 Å². The lowest BCUT2D eigenvalue weighted by Gasteiger charge is -2.04. The molecule has 24 heavy (non-hydrogen) atoms. The molecule has 2 heterocycles. The summed E-state index contributed by atoms with van der Waals surface area (Å²) in [4.78, 5) is 4.34. The molecule has 0 spiro atoms. The van der Waals surface area contributed by atoms with Crippen LogP contribution in [-0.2, 0) is 6.61 Å². The van der Waals surface area contributed by atoms with E-state index in [2.05, 4.69) is 10.1 Å². The third-order valence-corrected chi connectivity index (χ3v) is 3.52. The summed E-state index contributed by atoms with van der Waals surface area (Å²) in [7, 11) is 1.60. The minimum absolute atomic E-state index is 0.155. The molecule has 3 aromatic rings. The number of para-hydroxylation sites is 1. The zero-order valence-corrected chi connectivity index (χ0v) is 12.9. The molecular weight excluding hydrogens is 312 g/mol. The number of nitrogens with zero attached hydrogens (tertiary/aromatic N) is 2. The van der Waals surface area contributed by atoms with E-state index >= 15 is 0 Å². The number of methoxy groups -OCH3 is 1.